The molecule has 0 saturated carbocycles. The summed E-state index contributed by atoms with van der Waals surface area (Å²) in [4.78, 5) is 9.59. The average Bonchev–Trinajstić information content (AvgIpc) is 3.24. The van der Waals surface area contributed by atoms with Gasteiger partial charge in [-0.05, 0) is 34.4 Å². The van der Waals surface area contributed by atoms with Crippen molar-refractivity contribution < 1.29 is 38.0 Å². The first-order chi connectivity index (χ1) is 26.6. The molecule has 1 fully saturated rings. The lowest BCUT2D eigenvalue weighted by atomic mass is 9.94. The highest BCUT2D eigenvalue weighted by molar-refractivity contribution is 5.65. The van der Waals surface area contributed by atoms with Crippen molar-refractivity contribution in [2.75, 3.05) is 20.3 Å². The summed E-state index contributed by atoms with van der Waals surface area (Å²) in [5, 5.41) is 0. The van der Waals surface area contributed by atoms with E-state index in [0.717, 1.165) is 28.0 Å². The van der Waals surface area contributed by atoms with Crippen LogP contribution in [-0.4, -0.2) is 56.8 Å². The monoisotopic (exact) mass is 734 g/mol. The zero-order valence-corrected chi connectivity index (χ0v) is 31.8. The predicted octanol–water partition coefficient (Wildman–Crippen LogP) is 9.01. The molecular weight excluding hydrogens is 680 g/mol. The van der Waals surface area contributed by atoms with E-state index in [9.17, 15) is 4.79 Å². The van der Waals surface area contributed by atoms with E-state index in [2.05, 4.69) is 53.3 Å². The van der Waals surface area contributed by atoms with Gasteiger partial charge in [0.15, 0.2) is 0 Å². The molecule has 1 aliphatic rings. The van der Waals surface area contributed by atoms with Crippen molar-refractivity contribution in [2.45, 2.75) is 77.7 Å². The van der Waals surface area contributed by atoms with E-state index in [1.165, 1.54) is 14.0 Å². The Kier molecular flexibility index (Phi) is 19.0. The van der Waals surface area contributed by atoms with E-state index in [4.69, 9.17) is 28.4 Å². The molecule has 1 aliphatic heterocycles. The molecule has 0 spiro atoms. The van der Waals surface area contributed by atoms with Crippen molar-refractivity contribution in [3.05, 3.63) is 174 Å². The van der Waals surface area contributed by atoms with Gasteiger partial charge in [-0.3, -0.25) is 4.79 Å². The minimum absolute atomic E-state index is 0.245. The third kappa shape index (κ3) is 14.5. The molecule has 0 bridgehead atoms. The predicted molar refractivity (Wildman–Crippen MR) is 211 cm³/mol. The van der Waals surface area contributed by atoms with Crippen LogP contribution in [0.5, 0.6) is 5.75 Å². The summed E-state index contributed by atoms with van der Waals surface area (Å²) in [5.74, 6) is 0.518. The fraction of sp³-hybridized carbons (Fsp3) is 0.326. The summed E-state index contributed by atoms with van der Waals surface area (Å²) in [6, 6.07) is 50.4. The van der Waals surface area contributed by atoms with Gasteiger partial charge in [0, 0.05) is 6.92 Å². The lowest BCUT2D eigenvalue weighted by Gasteiger charge is -2.46. The van der Waals surface area contributed by atoms with Gasteiger partial charge in [0.2, 0.25) is 0 Å². The van der Waals surface area contributed by atoms with Gasteiger partial charge in [0.1, 0.15) is 42.9 Å². The zero-order valence-electron chi connectivity index (χ0n) is 31.8. The van der Waals surface area contributed by atoms with Crippen molar-refractivity contribution in [3.8, 4) is 5.75 Å². The quantitative estimate of drug-likeness (QED) is 0.0930. The first-order valence-corrected chi connectivity index (χ1v) is 18.5. The lowest BCUT2D eigenvalue weighted by molar-refractivity contribution is -0.276. The normalized spacial score (nSPS) is 18.9. The van der Waals surface area contributed by atoms with Gasteiger partial charge in [-0.15, -0.1) is 0 Å². The average molecular weight is 735 g/mol. The molecular formula is C46H54O8. The number of methoxy groups -OCH3 is 1. The van der Waals surface area contributed by atoms with Crippen molar-refractivity contribution in [1.82, 2.24) is 0 Å². The van der Waals surface area contributed by atoms with Gasteiger partial charge >= 0.3 is 5.97 Å². The molecule has 1 saturated heterocycles. The van der Waals surface area contributed by atoms with Crippen LogP contribution in [-0.2, 0) is 59.6 Å². The van der Waals surface area contributed by atoms with Gasteiger partial charge in [-0.2, -0.15) is 0 Å². The minimum atomic E-state index is -0.492. The molecule has 286 valence electrons. The summed E-state index contributed by atoms with van der Waals surface area (Å²) in [6.45, 7) is 7.59. The second-order valence-corrected chi connectivity index (χ2v) is 12.3. The molecule has 54 heavy (non-hydrogen) atoms. The van der Waals surface area contributed by atoms with Gasteiger partial charge in [-0.25, -0.2) is 0 Å². The van der Waals surface area contributed by atoms with E-state index >= 15 is 0 Å². The molecule has 0 aliphatic carbocycles. The number of carbonyl (C=O) groups excluding carboxylic acids is 1. The van der Waals surface area contributed by atoms with Gasteiger partial charge in [0.25, 0.3) is 0 Å². The summed E-state index contributed by atoms with van der Waals surface area (Å²) in [7, 11) is 1.35. The number of hydrogen-bond acceptors (Lipinski definition) is 8. The Balaban J connectivity index is 0.000000858. The number of para-hydroxylation sites is 1. The van der Waals surface area contributed by atoms with E-state index in [0.29, 0.717) is 33.0 Å². The van der Waals surface area contributed by atoms with Crippen molar-refractivity contribution >= 4 is 5.97 Å². The van der Waals surface area contributed by atoms with Crippen LogP contribution in [0.4, 0.5) is 0 Å². The lowest BCUT2D eigenvalue weighted by Crippen LogP contribution is -2.62. The van der Waals surface area contributed by atoms with Crippen LogP contribution in [0.2, 0.25) is 0 Å². The summed E-state index contributed by atoms with van der Waals surface area (Å²) < 4.78 is 43.8. The van der Waals surface area contributed by atoms with Crippen LogP contribution < -0.4 is 4.74 Å². The minimum Gasteiger partial charge on any atom is -0.491 e. The Morgan fingerprint density at radius 3 is 1.22 bits per heavy atom. The third-order valence-electron chi connectivity index (χ3n) is 8.42. The molecule has 8 nitrogen and oxygen atoms in total. The standard InChI is InChI=1S/C41H42O6.C3H6O2.C2H6/c1-6-16-32(17-7-1)26-42-30-37-39(44-27-33-18-8-2-9-19-33)41(46-29-35-22-12-4-13-23-35)40(45-28-34-20-10-3-11-21-34)38(47-37)31-43-36-24-14-5-15-25-36;1-3(4)5-2;1-2/h1-25,37-41H,26-31H2;1-2H3;1-2H3/t37-,38+,39-,40+,41+;;/m1../s1. The van der Waals surface area contributed by atoms with Crippen molar-refractivity contribution in [1.29, 1.82) is 0 Å². The summed E-state index contributed by atoms with van der Waals surface area (Å²) in [5.41, 5.74) is 4.29. The fourth-order valence-corrected chi connectivity index (χ4v) is 5.71. The number of benzene rings is 5. The number of esters is 1. The fourth-order valence-electron chi connectivity index (χ4n) is 5.71. The van der Waals surface area contributed by atoms with E-state index < -0.39 is 30.5 Å². The highest BCUT2D eigenvalue weighted by Gasteiger charge is 2.48. The molecule has 0 N–H and O–H groups in total. The highest BCUT2D eigenvalue weighted by Crippen LogP contribution is 2.31. The zero-order chi connectivity index (χ0) is 38.2. The number of hydrogen-bond donors (Lipinski definition) is 0. The molecule has 5 aromatic rings. The molecule has 0 radical (unpaired) electrons. The second-order valence-electron chi connectivity index (χ2n) is 12.3. The SMILES string of the molecule is CC.COC(C)=O.c1ccc(COC[C@H]2O[C@@H](COc3ccccc3)[C@H](OCc3ccccc3)[C@@H](OCc3ccccc3)[C@@H]2OCc2ccccc2)cc1. The molecule has 5 aromatic carbocycles. The van der Waals surface area contributed by atoms with Crippen molar-refractivity contribution in [2.24, 2.45) is 0 Å². The maximum absolute atomic E-state index is 9.59. The number of ether oxygens (including phenoxy) is 7. The topological polar surface area (TPSA) is 81.7 Å². The summed E-state index contributed by atoms with van der Waals surface area (Å²) in [6.07, 6.45) is -2.35. The molecule has 6 rings (SSSR count). The van der Waals surface area contributed by atoms with E-state index in [1.54, 1.807) is 0 Å². The van der Waals surface area contributed by atoms with Gasteiger partial charge in [-0.1, -0.05) is 153 Å². The largest absolute Gasteiger partial charge is 0.491 e. The maximum atomic E-state index is 9.59. The van der Waals surface area contributed by atoms with Crippen LogP contribution in [0.1, 0.15) is 43.0 Å². The Morgan fingerprint density at radius 2 is 0.833 bits per heavy atom. The third-order valence-corrected chi connectivity index (χ3v) is 8.42. The summed E-state index contributed by atoms with van der Waals surface area (Å²) >= 11 is 0. The molecule has 5 atom stereocenters. The Labute approximate surface area is 320 Å². The first kappa shape index (κ1) is 41.9. The molecule has 0 amide bonds. The van der Waals surface area contributed by atoms with Crippen LogP contribution in [0.3, 0.4) is 0 Å². The van der Waals surface area contributed by atoms with Crippen LogP contribution in [0.25, 0.3) is 0 Å². The van der Waals surface area contributed by atoms with Gasteiger partial charge in [0.05, 0.1) is 40.1 Å². The molecule has 8 heteroatoms. The second kappa shape index (κ2) is 24.5. The Hall–Kier alpha value is -4.83. The first-order valence-electron chi connectivity index (χ1n) is 18.5. The van der Waals surface area contributed by atoms with E-state index in [1.807, 2.05) is 117 Å². The van der Waals surface area contributed by atoms with Crippen LogP contribution in [0, 0.1) is 0 Å². The van der Waals surface area contributed by atoms with Crippen LogP contribution in [0.15, 0.2) is 152 Å². The molecule has 0 unspecified atom stereocenters. The smallest absolute Gasteiger partial charge is 0.302 e. The van der Waals surface area contributed by atoms with Crippen LogP contribution >= 0.6 is 0 Å². The van der Waals surface area contributed by atoms with Crippen molar-refractivity contribution in [3.63, 3.8) is 0 Å². The highest BCUT2D eigenvalue weighted by atomic mass is 16.6. The van der Waals surface area contributed by atoms with Gasteiger partial charge < -0.3 is 33.2 Å². The number of carbonyl (C=O) groups is 1. The Bertz CT molecular complexity index is 1670. The molecule has 1 heterocycles. The van der Waals surface area contributed by atoms with E-state index in [-0.39, 0.29) is 12.6 Å². The maximum Gasteiger partial charge on any atom is 0.302 e. The molecule has 0 aromatic heterocycles. The number of rotatable bonds is 16. The Morgan fingerprint density at radius 1 is 0.500 bits per heavy atom.